The number of aromatic nitrogens is 1. The third kappa shape index (κ3) is 16.8. The maximum atomic E-state index is 4.92. The van der Waals surface area contributed by atoms with Crippen LogP contribution in [0.4, 0.5) is 17.1 Å². The van der Waals surface area contributed by atoms with Gasteiger partial charge in [-0.15, -0.1) is 24.5 Å². The van der Waals surface area contributed by atoms with Gasteiger partial charge in [-0.05, 0) is 109 Å². The van der Waals surface area contributed by atoms with Crippen LogP contribution in [0, 0.1) is 48.5 Å². The summed E-state index contributed by atoms with van der Waals surface area (Å²) in [4.78, 5) is 13.8. The van der Waals surface area contributed by atoms with Crippen LogP contribution in [-0.2, 0) is 27.1 Å². The molecule has 0 aliphatic carbocycles. The molecule has 1 heterocycles. The topological polar surface area (TPSA) is 65.8 Å². The van der Waals surface area contributed by atoms with E-state index in [1.807, 2.05) is 67.0 Å². The molecule has 0 saturated heterocycles. The van der Waals surface area contributed by atoms with E-state index in [0.717, 1.165) is 45.0 Å². The number of rotatable bonds is 10. The first-order valence-electron chi connectivity index (χ1n) is 20.1. The van der Waals surface area contributed by atoms with E-state index in [1.54, 1.807) is 0 Å². The second-order valence-electron chi connectivity index (χ2n) is 16.4. The van der Waals surface area contributed by atoms with Crippen molar-refractivity contribution >= 4 is 34.7 Å². The van der Waals surface area contributed by atoms with Gasteiger partial charge >= 0.3 is 21.7 Å². The smallest absolute Gasteiger partial charge is 0.684 e. The zero-order valence-electron chi connectivity index (χ0n) is 37.0. The molecule has 302 valence electrons. The number of pyridine rings is 1. The molecule has 5 aromatic carbocycles. The molecule has 0 N–H and O–H groups in total. The van der Waals surface area contributed by atoms with E-state index in [9.17, 15) is 0 Å². The van der Waals surface area contributed by atoms with Crippen molar-refractivity contribution in [3.63, 3.8) is 0 Å². The van der Waals surface area contributed by atoms with Crippen LogP contribution >= 0.6 is 0 Å². The molecular weight excluding hydrogens is 754 g/mol. The predicted molar refractivity (Wildman–Crippen MR) is 251 cm³/mol. The van der Waals surface area contributed by atoms with Crippen molar-refractivity contribution in [2.75, 3.05) is 13.1 Å². The Labute approximate surface area is 370 Å². The Morgan fingerprint density at radius 1 is 0.576 bits per heavy atom. The zero-order chi connectivity index (χ0) is 42.1. The van der Waals surface area contributed by atoms with Crippen molar-refractivity contribution in [2.24, 2.45) is 9.98 Å². The van der Waals surface area contributed by atoms with Crippen LogP contribution in [0.25, 0.3) is 16.2 Å². The molecule has 59 heavy (non-hydrogen) atoms. The molecule has 0 unspecified atom stereocenters. The van der Waals surface area contributed by atoms with Crippen molar-refractivity contribution < 1.29 is 21.7 Å². The third-order valence-electron chi connectivity index (χ3n) is 9.25. The minimum atomic E-state index is -0.267. The normalized spacial score (nSPS) is 10.8. The molecule has 0 saturated carbocycles. The Hall–Kier alpha value is -5.32. The fraction of sp³-hybridized carbons (Fsp3) is 0.283. The molecule has 6 aromatic rings. The molecule has 0 bridgehead atoms. The van der Waals surface area contributed by atoms with E-state index in [2.05, 4.69) is 176 Å². The van der Waals surface area contributed by atoms with Crippen molar-refractivity contribution in [1.82, 2.24) is 4.98 Å². The average molecular weight is 816 g/mol. The van der Waals surface area contributed by atoms with Crippen LogP contribution in [-0.4, -0.2) is 35.7 Å². The standard InChI is InChI=1S/C25H29N3.C21H24N2.C7H8.Ti/c1-18-10-19(2)13-22(12-18)27-16-25(5,24-8-6-7-9-26-24)17-28-23-14-20(3)11-21(4)15-23;1-16-10-9-11-17(2)20(16)22-14-19(15-23-21(3,4)5)18-12-7-6-8-13-18;1-7-5-3-2-4-6-7;/h6-15H,16-17H2,1-5H3;6-13,15H,1-5H3;2-6H,1H3;/q-2;;;+2. The largest absolute Gasteiger partial charge is 2.00 e. The number of benzene rings is 5. The Bertz CT molecular complexity index is 2170. The number of nitrogens with zero attached hydrogens (tertiary/aromatic N) is 5. The summed E-state index contributed by atoms with van der Waals surface area (Å²) in [6.07, 6.45) is 3.72. The van der Waals surface area contributed by atoms with Crippen LogP contribution in [0.2, 0.25) is 0 Å². The fourth-order valence-electron chi connectivity index (χ4n) is 6.22. The summed E-state index contributed by atoms with van der Waals surface area (Å²) in [7, 11) is 0. The minimum Gasteiger partial charge on any atom is -0.684 e. The van der Waals surface area contributed by atoms with Crippen molar-refractivity contribution in [1.29, 1.82) is 0 Å². The molecule has 5 nitrogen and oxygen atoms in total. The predicted octanol–water partition coefficient (Wildman–Crippen LogP) is 14.5. The number of aryl methyl sites for hydroxylation is 7. The summed E-state index contributed by atoms with van der Waals surface area (Å²) < 4.78 is 0. The second-order valence-corrected chi connectivity index (χ2v) is 16.4. The maximum Gasteiger partial charge on any atom is 2.00 e. The quantitative estimate of drug-likeness (QED) is 0.100. The van der Waals surface area contributed by atoms with Crippen LogP contribution in [0.5, 0.6) is 0 Å². The van der Waals surface area contributed by atoms with Crippen molar-refractivity contribution in [3.05, 3.63) is 200 Å². The number of allylic oxidation sites excluding steroid dienone is 1. The van der Waals surface area contributed by atoms with Crippen molar-refractivity contribution in [3.8, 4) is 0 Å². The van der Waals surface area contributed by atoms with Gasteiger partial charge in [0.2, 0.25) is 0 Å². The molecule has 0 amide bonds. The number of hydrogen-bond acceptors (Lipinski definition) is 3. The molecule has 0 aliphatic rings. The van der Waals surface area contributed by atoms with E-state index in [1.165, 1.54) is 27.8 Å². The summed E-state index contributed by atoms with van der Waals surface area (Å²) >= 11 is 0. The van der Waals surface area contributed by atoms with Crippen LogP contribution in [0.1, 0.15) is 77.9 Å². The van der Waals surface area contributed by atoms with Gasteiger partial charge in [-0.25, -0.2) is 4.99 Å². The average Bonchev–Trinajstić information content (AvgIpc) is 3.18. The Kier molecular flexibility index (Phi) is 19.0. The molecule has 0 aliphatic heterocycles. The molecule has 0 spiro atoms. The second kappa shape index (κ2) is 23.3. The molecule has 1 aromatic heterocycles. The molecule has 0 atom stereocenters. The molecule has 0 fully saturated rings. The SMILES string of the molecule is Cc1cc(C)cc([N-]CC(C)(C[N-]c2cc(C)cc(C)c2)c2ccccn2)c1.Cc1cccc(C)c1N=C=C(C=NC(C)(C)C)c1ccccc1.Cc1ccccc1.[Ti+2]. The zero-order valence-corrected chi connectivity index (χ0v) is 38.6. The minimum absolute atomic E-state index is 0. The number of aliphatic imine (C=N–C) groups is 2. The first kappa shape index (κ1) is 48.1. The van der Waals surface area contributed by atoms with Gasteiger partial charge in [0.05, 0.1) is 16.8 Å². The molecule has 6 heteroatoms. The summed E-state index contributed by atoms with van der Waals surface area (Å²) in [5, 5.41) is 9.85. The Balaban J connectivity index is 0.000000270. The Morgan fingerprint density at radius 3 is 1.47 bits per heavy atom. The number of hydrogen-bond donors (Lipinski definition) is 0. The van der Waals surface area contributed by atoms with Gasteiger partial charge in [-0.1, -0.05) is 156 Å². The monoisotopic (exact) mass is 815 g/mol. The van der Waals surface area contributed by atoms with E-state index >= 15 is 0 Å². The van der Waals surface area contributed by atoms with Gasteiger partial charge in [0.25, 0.3) is 0 Å². The van der Waals surface area contributed by atoms with E-state index in [0.29, 0.717) is 13.1 Å². The molecule has 6 rings (SSSR count). The first-order valence-corrected chi connectivity index (χ1v) is 20.1. The maximum absolute atomic E-state index is 4.92. The summed E-state index contributed by atoms with van der Waals surface area (Å²) in [6.45, 7) is 24.4. The van der Waals surface area contributed by atoms with Gasteiger partial charge in [0, 0.05) is 18.1 Å². The van der Waals surface area contributed by atoms with Gasteiger partial charge in [-0.3, -0.25) is 9.98 Å². The third-order valence-corrected chi connectivity index (χ3v) is 9.25. The van der Waals surface area contributed by atoms with Crippen LogP contribution in [0.15, 0.2) is 150 Å². The van der Waals surface area contributed by atoms with Crippen molar-refractivity contribution in [2.45, 2.75) is 87.1 Å². The molecular formula is C53H61N5Ti. The van der Waals surface area contributed by atoms with Gasteiger partial charge < -0.3 is 10.6 Å². The number of para-hydroxylation sites is 1. The van der Waals surface area contributed by atoms with Crippen LogP contribution < -0.4 is 0 Å². The summed E-state index contributed by atoms with van der Waals surface area (Å²) in [6, 6.07) is 45.5. The van der Waals surface area contributed by atoms with E-state index < -0.39 is 0 Å². The first-order chi connectivity index (χ1) is 27.6. The van der Waals surface area contributed by atoms with E-state index in [4.69, 9.17) is 10.6 Å². The molecule has 0 radical (unpaired) electrons. The van der Waals surface area contributed by atoms with E-state index in [-0.39, 0.29) is 32.7 Å². The van der Waals surface area contributed by atoms with Gasteiger partial charge in [0.15, 0.2) is 0 Å². The summed E-state index contributed by atoms with van der Waals surface area (Å²) in [5.74, 6) is 3.20. The van der Waals surface area contributed by atoms with Gasteiger partial charge in [0.1, 0.15) is 0 Å². The fourth-order valence-corrected chi connectivity index (χ4v) is 6.22. The van der Waals surface area contributed by atoms with Gasteiger partial charge in [-0.2, -0.15) is 0 Å². The van der Waals surface area contributed by atoms with Crippen LogP contribution in [0.3, 0.4) is 0 Å². The summed E-state index contributed by atoms with van der Waals surface area (Å²) in [5.41, 5.74) is 14.2. The Morgan fingerprint density at radius 2 is 1.05 bits per heavy atom.